The molecule has 2 amide bonds. The lowest BCUT2D eigenvalue weighted by Gasteiger charge is -2.24. The maximum Gasteiger partial charge on any atom is 0.410 e. The standard InChI is InChI=1S/C27H32N4O6/c1-26(2,3)37-25(34)31(4)8-10-36-9-6-7-17-11-20-22(29-15-17)30-24(33)27(20)13-18-12-19(23(32)35-5)16-28-21(18)14-27/h6-7,11-12,15-16H,8-10,13-14H2,1-5H3,(H,29,30,33)/b7-6+/t27-/m0/s1. The first kappa shape index (κ1) is 26.3. The van der Waals surface area contributed by atoms with Gasteiger partial charge in [0.2, 0.25) is 5.91 Å². The molecule has 3 heterocycles. The summed E-state index contributed by atoms with van der Waals surface area (Å²) in [5.74, 6) is -0.0314. The highest BCUT2D eigenvalue weighted by molar-refractivity contribution is 6.06. The molecule has 37 heavy (non-hydrogen) atoms. The van der Waals surface area contributed by atoms with Crippen molar-refractivity contribution in [2.24, 2.45) is 0 Å². The number of anilines is 1. The molecule has 1 N–H and O–H groups in total. The van der Waals surface area contributed by atoms with Gasteiger partial charge in [0.25, 0.3) is 0 Å². The van der Waals surface area contributed by atoms with E-state index >= 15 is 0 Å². The van der Waals surface area contributed by atoms with Crippen LogP contribution >= 0.6 is 0 Å². The Morgan fingerprint density at radius 1 is 1.19 bits per heavy atom. The Hall–Kier alpha value is -3.79. The van der Waals surface area contributed by atoms with Crippen molar-refractivity contribution in [3.63, 3.8) is 0 Å². The molecule has 0 aromatic carbocycles. The van der Waals surface area contributed by atoms with Crippen LogP contribution in [0.4, 0.5) is 10.6 Å². The molecule has 2 aromatic rings. The smallest absolute Gasteiger partial charge is 0.410 e. The number of hydrogen-bond donors (Lipinski definition) is 1. The molecule has 0 unspecified atom stereocenters. The molecule has 1 aliphatic heterocycles. The van der Waals surface area contributed by atoms with E-state index in [2.05, 4.69) is 15.3 Å². The second-order valence-electron chi connectivity index (χ2n) is 10.3. The van der Waals surface area contributed by atoms with E-state index in [1.54, 1.807) is 19.3 Å². The van der Waals surface area contributed by atoms with Crippen LogP contribution in [0.5, 0.6) is 0 Å². The van der Waals surface area contributed by atoms with Gasteiger partial charge < -0.3 is 24.4 Å². The van der Waals surface area contributed by atoms with Gasteiger partial charge >= 0.3 is 12.1 Å². The second kappa shape index (κ2) is 10.3. The molecule has 196 valence electrons. The summed E-state index contributed by atoms with van der Waals surface area (Å²) in [5.41, 5.74) is 2.32. The number of carbonyl (C=O) groups excluding carboxylic acids is 3. The number of nitrogens with zero attached hydrogens (tertiary/aromatic N) is 3. The summed E-state index contributed by atoms with van der Waals surface area (Å²) in [6.45, 7) is 6.60. The number of hydrogen-bond acceptors (Lipinski definition) is 8. The number of likely N-dealkylation sites (N-methyl/N-ethyl adjacent to an activating group) is 1. The summed E-state index contributed by atoms with van der Waals surface area (Å²) in [5, 5.41) is 2.90. The van der Waals surface area contributed by atoms with E-state index in [4.69, 9.17) is 14.2 Å². The Balaban J connectivity index is 1.37. The van der Waals surface area contributed by atoms with E-state index < -0.39 is 23.1 Å². The number of nitrogens with one attached hydrogen (secondary N) is 1. The Labute approximate surface area is 216 Å². The van der Waals surface area contributed by atoms with E-state index in [1.807, 2.05) is 39.0 Å². The average Bonchev–Trinajstić information content (AvgIpc) is 3.36. The molecule has 10 heteroatoms. The van der Waals surface area contributed by atoms with E-state index in [0.717, 1.165) is 22.4 Å². The number of rotatable bonds is 7. The first-order valence-electron chi connectivity index (χ1n) is 12.1. The normalized spacial score (nSPS) is 18.0. The Bertz CT molecular complexity index is 1250. The summed E-state index contributed by atoms with van der Waals surface area (Å²) < 4.78 is 15.7. The van der Waals surface area contributed by atoms with Crippen molar-refractivity contribution in [1.29, 1.82) is 0 Å². The van der Waals surface area contributed by atoms with E-state index in [1.165, 1.54) is 18.2 Å². The van der Waals surface area contributed by atoms with Gasteiger partial charge in [0, 0.05) is 43.7 Å². The average molecular weight is 509 g/mol. The molecule has 1 spiro atoms. The third-order valence-electron chi connectivity index (χ3n) is 6.33. The molecule has 1 atom stereocenters. The van der Waals surface area contributed by atoms with Gasteiger partial charge in [-0.1, -0.05) is 12.2 Å². The van der Waals surface area contributed by atoms with E-state index in [-0.39, 0.29) is 5.91 Å². The molecule has 0 fully saturated rings. The summed E-state index contributed by atoms with van der Waals surface area (Å²) >= 11 is 0. The highest BCUT2D eigenvalue weighted by Crippen LogP contribution is 2.46. The van der Waals surface area contributed by atoms with E-state index in [9.17, 15) is 14.4 Å². The minimum atomic E-state index is -0.807. The lowest BCUT2D eigenvalue weighted by molar-refractivity contribution is -0.120. The molecule has 0 saturated carbocycles. The number of pyridine rings is 2. The van der Waals surface area contributed by atoms with Crippen LogP contribution in [0.25, 0.3) is 6.08 Å². The van der Waals surface area contributed by atoms with Gasteiger partial charge in [-0.3, -0.25) is 9.78 Å². The zero-order valence-electron chi connectivity index (χ0n) is 21.8. The zero-order chi connectivity index (χ0) is 26.8. The molecular formula is C27H32N4O6. The number of fused-ring (bicyclic) bond motifs is 3. The third kappa shape index (κ3) is 5.64. The maximum absolute atomic E-state index is 13.1. The van der Waals surface area contributed by atoms with Crippen LogP contribution in [-0.4, -0.2) is 72.4 Å². The molecule has 1 aliphatic carbocycles. The van der Waals surface area contributed by atoms with Crippen LogP contribution in [0.1, 0.15) is 53.5 Å². The van der Waals surface area contributed by atoms with Crippen molar-refractivity contribution in [1.82, 2.24) is 14.9 Å². The zero-order valence-corrected chi connectivity index (χ0v) is 21.8. The van der Waals surface area contributed by atoms with Crippen molar-refractivity contribution in [3.05, 3.63) is 58.6 Å². The predicted molar refractivity (Wildman–Crippen MR) is 136 cm³/mol. The summed E-state index contributed by atoms with van der Waals surface area (Å²) in [6.07, 6.45) is 7.41. The Morgan fingerprint density at radius 3 is 2.70 bits per heavy atom. The fourth-order valence-electron chi connectivity index (χ4n) is 4.46. The number of methoxy groups -OCH3 is 1. The van der Waals surface area contributed by atoms with Crippen molar-refractivity contribution >= 4 is 29.9 Å². The Kier molecular flexibility index (Phi) is 7.31. The molecule has 4 rings (SSSR count). The third-order valence-corrected chi connectivity index (χ3v) is 6.33. The van der Waals surface area contributed by atoms with Gasteiger partial charge in [-0.2, -0.15) is 0 Å². The van der Waals surface area contributed by atoms with Crippen LogP contribution in [0.2, 0.25) is 0 Å². The maximum atomic E-state index is 13.1. The highest BCUT2D eigenvalue weighted by atomic mass is 16.6. The summed E-state index contributed by atoms with van der Waals surface area (Å²) in [4.78, 5) is 47.4. The van der Waals surface area contributed by atoms with Gasteiger partial charge in [0.15, 0.2) is 0 Å². The minimum Gasteiger partial charge on any atom is -0.465 e. The Morgan fingerprint density at radius 2 is 1.97 bits per heavy atom. The van der Waals surface area contributed by atoms with Gasteiger partial charge in [-0.05, 0) is 50.5 Å². The number of esters is 1. The fourth-order valence-corrected chi connectivity index (χ4v) is 4.46. The first-order valence-corrected chi connectivity index (χ1v) is 12.1. The van der Waals surface area contributed by atoms with Crippen molar-refractivity contribution in [2.75, 3.05) is 39.2 Å². The van der Waals surface area contributed by atoms with Gasteiger partial charge in [-0.25, -0.2) is 14.6 Å². The van der Waals surface area contributed by atoms with Crippen LogP contribution in [0.15, 0.2) is 30.6 Å². The van der Waals surface area contributed by atoms with Crippen LogP contribution in [0.3, 0.4) is 0 Å². The summed E-state index contributed by atoms with van der Waals surface area (Å²) in [6, 6.07) is 3.71. The number of aromatic nitrogens is 2. The molecular weight excluding hydrogens is 476 g/mol. The van der Waals surface area contributed by atoms with Crippen LogP contribution < -0.4 is 5.32 Å². The lowest BCUT2D eigenvalue weighted by Crippen LogP contribution is -2.36. The van der Waals surface area contributed by atoms with Crippen molar-refractivity contribution in [3.8, 4) is 0 Å². The second-order valence-corrected chi connectivity index (χ2v) is 10.3. The largest absolute Gasteiger partial charge is 0.465 e. The minimum absolute atomic E-state index is 0.119. The van der Waals surface area contributed by atoms with Gasteiger partial charge in [-0.15, -0.1) is 0 Å². The topological polar surface area (TPSA) is 120 Å². The molecule has 2 aromatic heterocycles. The predicted octanol–water partition coefficient (Wildman–Crippen LogP) is 3.15. The summed E-state index contributed by atoms with van der Waals surface area (Å²) in [7, 11) is 2.99. The van der Waals surface area contributed by atoms with E-state index in [0.29, 0.717) is 44.0 Å². The fraction of sp³-hybridized carbons (Fsp3) is 0.444. The monoisotopic (exact) mass is 508 g/mol. The van der Waals surface area contributed by atoms with Gasteiger partial charge in [0.05, 0.1) is 31.3 Å². The molecule has 10 nitrogen and oxygen atoms in total. The number of ether oxygens (including phenoxy) is 3. The van der Waals surface area contributed by atoms with Crippen LogP contribution in [0, 0.1) is 0 Å². The van der Waals surface area contributed by atoms with Crippen LogP contribution in [-0.2, 0) is 37.3 Å². The number of carbonyl (C=O) groups is 3. The first-order chi connectivity index (χ1) is 17.5. The SMILES string of the molecule is COC(=O)c1cnc2c(c1)C[C@@]1(C2)C(=O)Nc2ncc(/C=C/COCCN(C)C(=O)OC(C)(C)C)cc21. The van der Waals surface area contributed by atoms with Gasteiger partial charge in [0.1, 0.15) is 11.4 Å². The number of amides is 2. The molecule has 0 radical (unpaired) electrons. The van der Waals surface area contributed by atoms with Crippen molar-refractivity contribution in [2.45, 2.75) is 44.6 Å². The molecule has 0 bridgehead atoms. The lowest BCUT2D eigenvalue weighted by atomic mass is 9.79. The molecule has 0 saturated heterocycles. The highest BCUT2D eigenvalue weighted by Gasteiger charge is 2.52. The quantitative estimate of drug-likeness (QED) is 0.447. The molecule has 2 aliphatic rings. The van der Waals surface area contributed by atoms with Crippen molar-refractivity contribution < 1.29 is 28.6 Å².